The lowest BCUT2D eigenvalue weighted by Gasteiger charge is -2.36. The van der Waals surface area contributed by atoms with Crippen molar-refractivity contribution < 1.29 is 18.0 Å². The van der Waals surface area contributed by atoms with Crippen molar-refractivity contribution in [1.82, 2.24) is 9.21 Å². The number of Topliss-reactive ketones (excluding diaryl/α,β-unsaturated/α-hetero) is 1. The number of hydrogen-bond acceptors (Lipinski definition) is 4. The SMILES string of the molecule is CC(=O)c1ccc(S(=O)(=O)N2CCN(C(=O)C3CCCCC3)CC2)cc1. The molecule has 0 atom stereocenters. The smallest absolute Gasteiger partial charge is 0.243 e. The Balaban J connectivity index is 1.63. The molecule has 2 aliphatic rings. The summed E-state index contributed by atoms with van der Waals surface area (Å²) in [6.45, 7) is 2.97. The Morgan fingerprint density at radius 1 is 0.923 bits per heavy atom. The molecule has 1 heterocycles. The van der Waals surface area contributed by atoms with Gasteiger partial charge in [0.05, 0.1) is 4.90 Å². The Bertz CT molecular complexity index is 759. The molecule has 26 heavy (non-hydrogen) atoms. The van der Waals surface area contributed by atoms with Gasteiger partial charge in [-0.3, -0.25) is 9.59 Å². The molecule has 1 amide bonds. The quantitative estimate of drug-likeness (QED) is 0.754. The Hall–Kier alpha value is -1.73. The second-order valence-corrected chi connectivity index (χ2v) is 9.08. The number of piperazine rings is 1. The monoisotopic (exact) mass is 378 g/mol. The van der Waals surface area contributed by atoms with Crippen LogP contribution in [0.2, 0.25) is 0 Å². The molecule has 0 spiro atoms. The van der Waals surface area contributed by atoms with Crippen molar-refractivity contribution in [1.29, 1.82) is 0 Å². The highest BCUT2D eigenvalue weighted by Crippen LogP contribution is 2.26. The molecule has 0 aromatic heterocycles. The molecule has 1 aliphatic carbocycles. The van der Waals surface area contributed by atoms with Gasteiger partial charge in [0.1, 0.15) is 0 Å². The molecule has 1 aliphatic heterocycles. The predicted molar refractivity (Wildman–Crippen MR) is 98.4 cm³/mol. The Labute approximate surface area is 155 Å². The van der Waals surface area contributed by atoms with E-state index in [1.165, 1.54) is 41.9 Å². The van der Waals surface area contributed by atoms with E-state index in [4.69, 9.17) is 0 Å². The van der Waals surface area contributed by atoms with Crippen LogP contribution in [0.4, 0.5) is 0 Å². The summed E-state index contributed by atoms with van der Waals surface area (Å²) in [7, 11) is -3.59. The third-order valence-corrected chi connectivity index (χ3v) is 7.32. The zero-order valence-corrected chi connectivity index (χ0v) is 16.0. The molecule has 6 nitrogen and oxygen atoms in total. The molecule has 0 bridgehead atoms. The molecular formula is C19H26N2O4S. The number of carbonyl (C=O) groups is 2. The van der Waals surface area contributed by atoms with Crippen LogP contribution < -0.4 is 0 Å². The third-order valence-electron chi connectivity index (χ3n) is 5.40. The molecule has 3 rings (SSSR count). The maximum atomic E-state index is 12.8. The van der Waals surface area contributed by atoms with Gasteiger partial charge in [-0.2, -0.15) is 4.31 Å². The van der Waals surface area contributed by atoms with Gasteiger partial charge in [-0.1, -0.05) is 31.4 Å². The molecule has 142 valence electrons. The van der Waals surface area contributed by atoms with Crippen molar-refractivity contribution in [3.05, 3.63) is 29.8 Å². The summed E-state index contributed by atoms with van der Waals surface area (Å²) in [5.41, 5.74) is 0.492. The van der Waals surface area contributed by atoms with Crippen molar-refractivity contribution in [3.8, 4) is 0 Å². The highest BCUT2D eigenvalue weighted by molar-refractivity contribution is 7.89. The summed E-state index contributed by atoms with van der Waals surface area (Å²) >= 11 is 0. The number of sulfonamides is 1. The van der Waals surface area contributed by atoms with E-state index in [2.05, 4.69) is 0 Å². The molecule has 1 saturated carbocycles. The zero-order valence-electron chi connectivity index (χ0n) is 15.2. The van der Waals surface area contributed by atoms with Gasteiger partial charge in [-0.15, -0.1) is 0 Å². The van der Waals surface area contributed by atoms with Crippen LogP contribution in [0.3, 0.4) is 0 Å². The molecule has 1 aromatic rings. The first-order chi connectivity index (χ1) is 12.4. The van der Waals surface area contributed by atoms with E-state index in [0.717, 1.165) is 25.7 Å². The van der Waals surface area contributed by atoms with Crippen LogP contribution in [0, 0.1) is 5.92 Å². The van der Waals surface area contributed by atoms with Crippen molar-refractivity contribution in [2.24, 2.45) is 5.92 Å². The number of carbonyl (C=O) groups excluding carboxylic acids is 2. The number of hydrogen-bond donors (Lipinski definition) is 0. The number of nitrogens with zero attached hydrogens (tertiary/aromatic N) is 2. The lowest BCUT2D eigenvalue weighted by molar-refractivity contribution is -0.137. The van der Waals surface area contributed by atoms with Gasteiger partial charge < -0.3 is 4.90 Å². The average molecular weight is 378 g/mol. The molecular weight excluding hydrogens is 352 g/mol. The molecule has 1 saturated heterocycles. The van der Waals surface area contributed by atoms with Gasteiger partial charge in [0.2, 0.25) is 15.9 Å². The number of ketones is 1. The summed E-state index contributed by atoms with van der Waals surface area (Å²) in [5, 5.41) is 0. The van der Waals surface area contributed by atoms with Crippen LogP contribution in [0.1, 0.15) is 49.4 Å². The Morgan fingerprint density at radius 3 is 2.04 bits per heavy atom. The minimum Gasteiger partial charge on any atom is -0.340 e. The van der Waals surface area contributed by atoms with Crippen LogP contribution in [0.5, 0.6) is 0 Å². The fourth-order valence-corrected chi connectivity index (χ4v) is 5.19. The maximum absolute atomic E-state index is 12.8. The van der Waals surface area contributed by atoms with Crippen LogP contribution in [-0.4, -0.2) is 55.5 Å². The van der Waals surface area contributed by atoms with E-state index in [-0.39, 0.29) is 22.5 Å². The summed E-state index contributed by atoms with van der Waals surface area (Å²) < 4.78 is 27.0. The van der Waals surface area contributed by atoms with E-state index >= 15 is 0 Å². The highest BCUT2D eigenvalue weighted by Gasteiger charge is 2.32. The van der Waals surface area contributed by atoms with Crippen molar-refractivity contribution >= 4 is 21.7 Å². The van der Waals surface area contributed by atoms with Crippen molar-refractivity contribution in [3.63, 3.8) is 0 Å². The molecule has 0 radical (unpaired) electrons. The van der Waals surface area contributed by atoms with E-state index in [1.807, 2.05) is 4.90 Å². The standard InChI is InChI=1S/C19H26N2O4S/c1-15(22)16-7-9-18(10-8-16)26(24,25)21-13-11-20(12-14-21)19(23)17-5-3-2-4-6-17/h7-10,17H,2-6,11-14H2,1H3. The van der Waals surface area contributed by atoms with Crippen molar-refractivity contribution in [2.75, 3.05) is 26.2 Å². The van der Waals surface area contributed by atoms with E-state index in [0.29, 0.717) is 31.7 Å². The topological polar surface area (TPSA) is 74.8 Å². The Morgan fingerprint density at radius 2 is 1.50 bits per heavy atom. The first kappa shape index (κ1) is 19.0. The van der Waals surface area contributed by atoms with Gasteiger partial charge in [0.25, 0.3) is 0 Å². The summed E-state index contributed by atoms with van der Waals surface area (Å²) in [4.78, 5) is 26.0. The van der Waals surface area contributed by atoms with Gasteiger partial charge in [0.15, 0.2) is 5.78 Å². The fourth-order valence-electron chi connectivity index (χ4n) is 3.77. The normalized spacial score (nSPS) is 20.1. The summed E-state index contributed by atoms with van der Waals surface area (Å²) in [6.07, 6.45) is 5.35. The number of rotatable bonds is 4. The highest BCUT2D eigenvalue weighted by atomic mass is 32.2. The average Bonchev–Trinajstić information content (AvgIpc) is 2.68. The molecule has 2 fully saturated rings. The van der Waals surface area contributed by atoms with Gasteiger partial charge in [0, 0.05) is 37.7 Å². The maximum Gasteiger partial charge on any atom is 0.243 e. The summed E-state index contributed by atoms with van der Waals surface area (Å²) in [5.74, 6) is 0.211. The number of benzene rings is 1. The Kier molecular flexibility index (Phi) is 5.77. The molecule has 0 N–H and O–H groups in total. The van der Waals surface area contributed by atoms with Crippen LogP contribution in [0.15, 0.2) is 29.2 Å². The van der Waals surface area contributed by atoms with Crippen LogP contribution in [0.25, 0.3) is 0 Å². The van der Waals surface area contributed by atoms with E-state index in [9.17, 15) is 18.0 Å². The van der Waals surface area contributed by atoms with E-state index in [1.54, 1.807) is 0 Å². The minimum atomic E-state index is -3.59. The lowest BCUT2D eigenvalue weighted by atomic mass is 9.88. The minimum absolute atomic E-state index is 0.0937. The lowest BCUT2D eigenvalue weighted by Crippen LogP contribution is -2.52. The predicted octanol–water partition coefficient (Wildman–Crippen LogP) is 2.30. The van der Waals surface area contributed by atoms with Gasteiger partial charge in [-0.05, 0) is 31.9 Å². The second kappa shape index (κ2) is 7.88. The van der Waals surface area contributed by atoms with E-state index < -0.39 is 10.0 Å². The molecule has 0 unspecified atom stereocenters. The van der Waals surface area contributed by atoms with Gasteiger partial charge in [-0.25, -0.2) is 8.42 Å². The number of amides is 1. The van der Waals surface area contributed by atoms with Gasteiger partial charge >= 0.3 is 0 Å². The largest absolute Gasteiger partial charge is 0.340 e. The zero-order chi connectivity index (χ0) is 18.7. The fraction of sp³-hybridized carbons (Fsp3) is 0.579. The first-order valence-electron chi connectivity index (χ1n) is 9.29. The third kappa shape index (κ3) is 3.99. The second-order valence-electron chi connectivity index (χ2n) is 7.14. The first-order valence-corrected chi connectivity index (χ1v) is 10.7. The summed E-state index contributed by atoms with van der Waals surface area (Å²) in [6, 6.07) is 6.04. The van der Waals surface area contributed by atoms with Crippen molar-refractivity contribution in [2.45, 2.75) is 43.9 Å². The molecule has 1 aromatic carbocycles. The molecule has 7 heteroatoms. The van der Waals surface area contributed by atoms with Crippen LogP contribution >= 0.6 is 0 Å². The van der Waals surface area contributed by atoms with Crippen LogP contribution in [-0.2, 0) is 14.8 Å².